The lowest BCUT2D eigenvalue weighted by Crippen LogP contribution is -2.27. The molecule has 0 amide bonds. The topological polar surface area (TPSA) is 86.1 Å². The fourth-order valence-corrected chi connectivity index (χ4v) is 3.87. The van der Waals surface area contributed by atoms with Gasteiger partial charge in [-0.2, -0.15) is 5.10 Å². The van der Waals surface area contributed by atoms with Gasteiger partial charge >= 0.3 is 0 Å². The van der Waals surface area contributed by atoms with Crippen LogP contribution in [-0.4, -0.2) is 36.4 Å². The zero-order chi connectivity index (χ0) is 17.2. The van der Waals surface area contributed by atoms with Gasteiger partial charge in [-0.05, 0) is 25.8 Å². The molecule has 0 radical (unpaired) electrons. The second-order valence-electron chi connectivity index (χ2n) is 5.74. The van der Waals surface area contributed by atoms with Gasteiger partial charge < -0.3 is 4.74 Å². The summed E-state index contributed by atoms with van der Waals surface area (Å²) in [6.45, 7) is 2.87. The number of aromatic nitrogens is 3. The van der Waals surface area contributed by atoms with E-state index in [2.05, 4.69) is 14.8 Å². The second-order valence-corrected chi connectivity index (χ2v) is 7.45. The van der Waals surface area contributed by atoms with Crippen LogP contribution >= 0.6 is 0 Å². The van der Waals surface area contributed by atoms with Gasteiger partial charge in [-0.25, -0.2) is 17.5 Å². The normalized spacial score (nSPS) is 17.8. The fourth-order valence-electron chi connectivity index (χ4n) is 2.71. The number of nitrogens with one attached hydrogen (secondary N) is 1. The molecule has 9 heteroatoms. The van der Waals surface area contributed by atoms with Crippen molar-refractivity contribution in [2.45, 2.75) is 36.7 Å². The molecular weight excluding hydrogens is 335 g/mol. The van der Waals surface area contributed by atoms with Crippen LogP contribution < -0.4 is 4.72 Å². The third-order valence-electron chi connectivity index (χ3n) is 4.06. The van der Waals surface area contributed by atoms with Gasteiger partial charge in [0.15, 0.2) is 0 Å². The van der Waals surface area contributed by atoms with Crippen LogP contribution in [0.25, 0.3) is 0 Å². The van der Waals surface area contributed by atoms with Crippen molar-refractivity contribution in [3.63, 3.8) is 0 Å². The quantitative estimate of drug-likeness (QED) is 0.885. The SMILES string of the molecule is CC(NS(=O)(=O)c1cnn(C2CCOCC2)c1)c1ccncc1F. The third-order valence-corrected chi connectivity index (χ3v) is 5.55. The molecule has 0 aromatic carbocycles. The Morgan fingerprint density at radius 1 is 1.38 bits per heavy atom. The molecule has 0 aliphatic carbocycles. The van der Waals surface area contributed by atoms with E-state index in [1.807, 2.05) is 0 Å². The van der Waals surface area contributed by atoms with Crippen molar-refractivity contribution in [1.82, 2.24) is 19.5 Å². The minimum Gasteiger partial charge on any atom is -0.381 e. The van der Waals surface area contributed by atoms with Crippen LogP contribution in [0, 0.1) is 5.82 Å². The molecule has 3 rings (SSSR count). The maximum Gasteiger partial charge on any atom is 0.244 e. The predicted molar refractivity (Wildman–Crippen MR) is 84.2 cm³/mol. The first kappa shape index (κ1) is 17.0. The second kappa shape index (κ2) is 6.96. The molecule has 0 saturated carbocycles. The first-order valence-corrected chi connectivity index (χ1v) is 9.19. The fraction of sp³-hybridized carbons (Fsp3) is 0.467. The molecule has 2 aromatic rings. The van der Waals surface area contributed by atoms with Crippen LogP contribution in [0.5, 0.6) is 0 Å². The zero-order valence-corrected chi connectivity index (χ0v) is 14.0. The highest BCUT2D eigenvalue weighted by Crippen LogP contribution is 2.23. The lowest BCUT2D eigenvalue weighted by atomic mass is 10.1. The molecule has 2 aromatic heterocycles. The van der Waals surface area contributed by atoms with E-state index >= 15 is 0 Å². The van der Waals surface area contributed by atoms with Gasteiger partial charge in [-0.15, -0.1) is 0 Å². The summed E-state index contributed by atoms with van der Waals surface area (Å²) in [4.78, 5) is 3.73. The molecule has 1 aliphatic rings. The number of rotatable bonds is 5. The molecule has 24 heavy (non-hydrogen) atoms. The average Bonchev–Trinajstić information content (AvgIpc) is 3.06. The zero-order valence-electron chi connectivity index (χ0n) is 13.2. The standard InChI is InChI=1S/C15H19FN4O3S/c1-11(14-2-5-17-9-15(14)16)19-24(21,22)13-8-18-20(10-13)12-3-6-23-7-4-12/h2,5,8-12,19H,3-4,6-7H2,1H3. The van der Waals surface area contributed by atoms with Crippen molar-refractivity contribution in [3.8, 4) is 0 Å². The van der Waals surface area contributed by atoms with Crippen molar-refractivity contribution >= 4 is 10.0 Å². The van der Waals surface area contributed by atoms with Gasteiger partial charge in [0, 0.05) is 37.2 Å². The van der Waals surface area contributed by atoms with Gasteiger partial charge in [0.25, 0.3) is 0 Å². The Labute approximate surface area is 139 Å². The highest BCUT2D eigenvalue weighted by molar-refractivity contribution is 7.89. The average molecular weight is 354 g/mol. The number of sulfonamides is 1. The molecule has 1 unspecified atom stereocenters. The lowest BCUT2D eigenvalue weighted by Gasteiger charge is -2.22. The van der Waals surface area contributed by atoms with Gasteiger partial charge in [0.2, 0.25) is 10.0 Å². The number of nitrogens with zero attached hydrogens (tertiary/aromatic N) is 3. The largest absolute Gasteiger partial charge is 0.381 e. The first-order chi connectivity index (χ1) is 11.5. The van der Waals surface area contributed by atoms with E-state index in [1.54, 1.807) is 11.6 Å². The molecule has 1 saturated heterocycles. The van der Waals surface area contributed by atoms with Gasteiger partial charge in [0.1, 0.15) is 10.7 Å². The minimum atomic E-state index is -3.79. The van der Waals surface area contributed by atoms with Crippen LogP contribution in [0.4, 0.5) is 4.39 Å². The Hall–Kier alpha value is -1.84. The summed E-state index contributed by atoms with van der Waals surface area (Å²) in [6, 6.07) is 0.871. The van der Waals surface area contributed by atoms with Crippen LogP contribution in [0.1, 0.15) is 37.4 Å². The van der Waals surface area contributed by atoms with E-state index in [1.165, 1.54) is 24.7 Å². The maximum absolute atomic E-state index is 13.7. The summed E-state index contributed by atoms with van der Waals surface area (Å²) in [6.07, 6.45) is 6.90. The third kappa shape index (κ3) is 3.63. The summed E-state index contributed by atoms with van der Waals surface area (Å²) in [5.41, 5.74) is 0.241. The predicted octanol–water partition coefficient (Wildman–Crippen LogP) is 1.81. The van der Waals surface area contributed by atoms with Crippen molar-refractivity contribution < 1.29 is 17.5 Å². The molecule has 130 valence electrons. The smallest absolute Gasteiger partial charge is 0.244 e. The molecule has 1 aliphatic heterocycles. The maximum atomic E-state index is 13.7. The number of ether oxygens (including phenoxy) is 1. The summed E-state index contributed by atoms with van der Waals surface area (Å²) in [7, 11) is -3.79. The molecular formula is C15H19FN4O3S. The van der Waals surface area contributed by atoms with Crippen molar-refractivity contribution in [1.29, 1.82) is 0 Å². The van der Waals surface area contributed by atoms with Gasteiger partial charge in [0.05, 0.1) is 18.4 Å². The monoisotopic (exact) mass is 354 g/mol. The Kier molecular flexibility index (Phi) is 4.93. The van der Waals surface area contributed by atoms with Crippen molar-refractivity contribution in [2.75, 3.05) is 13.2 Å². The Morgan fingerprint density at radius 3 is 2.83 bits per heavy atom. The Morgan fingerprint density at radius 2 is 2.12 bits per heavy atom. The number of hydrogen-bond acceptors (Lipinski definition) is 5. The van der Waals surface area contributed by atoms with Crippen molar-refractivity contribution in [3.05, 3.63) is 42.2 Å². The van der Waals surface area contributed by atoms with E-state index in [-0.39, 0.29) is 16.5 Å². The highest BCUT2D eigenvalue weighted by Gasteiger charge is 2.24. The molecule has 1 atom stereocenters. The number of halogens is 1. The van der Waals surface area contributed by atoms with Crippen LogP contribution in [-0.2, 0) is 14.8 Å². The van der Waals surface area contributed by atoms with Crippen LogP contribution in [0.15, 0.2) is 35.7 Å². The van der Waals surface area contributed by atoms with E-state index in [0.29, 0.717) is 13.2 Å². The summed E-state index contributed by atoms with van der Waals surface area (Å²) in [5, 5.41) is 4.16. The van der Waals surface area contributed by atoms with Crippen LogP contribution in [0.3, 0.4) is 0 Å². The van der Waals surface area contributed by atoms with E-state index in [9.17, 15) is 12.8 Å². The molecule has 3 heterocycles. The van der Waals surface area contributed by atoms with E-state index < -0.39 is 21.9 Å². The number of pyridine rings is 1. The molecule has 0 spiro atoms. The van der Waals surface area contributed by atoms with Gasteiger partial charge in [-0.3, -0.25) is 9.67 Å². The van der Waals surface area contributed by atoms with E-state index in [0.717, 1.165) is 19.0 Å². The molecule has 7 nitrogen and oxygen atoms in total. The van der Waals surface area contributed by atoms with E-state index in [4.69, 9.17) is 4.74 Å². The summed E-state index contributed by atoms with van der Waals surface area (Å²) in [5.74, 6) is -0.550. The highest BCUT2D eigenvalue weighted by atomic mass is 32.2. The number of hydrogen-bond donors (Lipinski definition) is 1. The Bertz CT molecular complexity index is 803. The van der Waals surface area contributed by atoms with Crippen LogP contribution in [0.2, 0.25) is 0 Å². The molecule has 1 fully saturated rings. The summed E-state index contributed by atoms with van der Waals surface area (Å²) < 4.78 is 48.2. The summed E-state index contributed by atoms with van der Waals surface area (Å²) >= 11 is 0. The molecule has 0 bridgehead atoms. The lowest BCUT2D eigenvalue weighted by molar-refractivity contribution is 0.0662. The molecule has 1 N–H and O–H groups in total. The first-order valence-electron chi connectivity index (χ1n) is 7.71. The minimum absolute atomic E-state index is 0.0651. The van der Waals surface area contributed by atoms with Crippen molar-refractivity contribution in [2.24, 2.45) is 0 Å². The Balaban J connectivity index is 1.76. The van der Waals surface area contributed by atoms with Gasteiger partial charge in [-0.1, -0.05) is 0 Å².